The van der Waals surface area contributed by atoms with Crippen molar-refractivity contribution in [2.75, 3.05) is 5.32 Å². The number of aryl methyl sites for hydroxylation is 1. The summed E-state index contributed by atoms with van der Waals surface area (Å²) in [6.45, 7) is 1.60. The number of anilines is 1. The summed E-state index contributed by atoms with van der Waals surface area (Å²) in [7, 11) is 0. The quantitative estimate of drug-likeness (QED) is 0.912. The fourth-order valence-electron chi connectivity index (χ4n) is 1.15. The Labute approximate surface area is 107 Å². The monoisotopic (exact) mass is 271 g/mol. The maximum atomic E-state index is 11.7. The first-order valence-electron chi connectivity index (χ1n) is 4.63. The number of hydrogen-bond acceptors (Lipinski definition) is 4. The van der Waals surface area contributed by atoms with Crippen LogP contribution < -0.4 is 5.32 Å². The Kier molecular flexibility index (Phi) is 3.31. The van der Waals surface area contributed by atoms with Crippen LogP contribution in [0.15, 0.2) is 22.6 Å². The Balaban J connectivity index is 2.18. The van der Waals surface area contributed by atoms with Crippen molar-refractivity contribution in [1.82, 2.24) is 10.2 Å². The van der Waals surface area contributed by atoms with Gasteiger partial charge in [-0.1, -0.05) is 23.2 Å². The van der Waals surface area contributed by atoms with Crippen LogP contribution in [0.5, 0.6) is 0 Å². The maximum Gasteiger partial charge on any atom is 0.313 e. The third kappa shape index (κ3) is 2.75. The Morgan fingerprint density at radius 2 is 2.12 bits per heavy atom. The van der Waals surface area contributed by atoms with E-state index in [1.54, 1.807) is 19.1 Å². The highest BCUT2D eigenvalue weighted by molar-refractivity contribution is 6.36. The van der Waals surface area contributed by atoms with Gasteiger partial charge in [0.05, 0.1) is 10.7 Å². The minimum Gasteiger partial charge on any atom is -0.417 e. The minimum absolute atomic E-state index is 0.117. The van der Waals surface area contributed by atoms with Gasteiger partial charge in [-0.05, 0) is 18.2 Å². The number of amides is 1. The highest BCUT2D eigenvalue weighted by Gasteiger charge is 2.14. The molecular weight excluding hydrogens is 265 g/mol. The van der Waals surface area contributed by atoms with Gasteiger partial charge in [-0.15, -0.1) is 10.2 Å². The van der Waals surface area contributed by atoms with Crippen molar-refractivity contribution < 1.29 is 9.21 Å². The van der Waals surface area contributed by atoms with Crippen LogP contribution in [0.2, 0.25) is 10.0 Å². The number of carbonyl (C=O) groups excluding carboxylic acids is 1. The number of halogens is 2. The molecule has 0 radical (unpaired) electrons. The zero-order valence-electron chi connectivity index (χ0n) is 8.70. The normalized spacial score (nSPS) is 10.3. The Morgan fingerprint density at radius 1 is 1.35 bits per heavy atom. The summed E-state index contributed by atoms with van der Waals surface area (Å²) in [6.07, 6.45) is 0. The van der Waals surface area contributed by atoms with E-state index in [1.165, 1.54) is 6.07 Å². The number of nitrogens with one attached hydrogen (secondary N) is 1. The number of nitrogens with zero attached hydrogens (tertiary/aromatic N) is 2. The largest absolute Gasteiger partial charge is 0.417 e. The number of benzene rings is 1. The fraction of sp³-hybridized carbons (Fsp3) is 0.100. The van der Waals surface area contributed by atoms with Crippen molar-refractivity contribution in [2.24, 2.45) is 0 Å². The summed E-state index contributed by atoms with van der Waals surface area (Å²) in [6, 6.07) is 4.73. The van der Waals surface area contributed by atoms with Crippen LogP contribution in [-0.2, 0) is 0 Å². The molecule has 0 saturated heterocycles. The molecule has 0 atom stereocenters. The van der Waals surface area contributed by atoms with E-state index in [-0.39, 0.29) is 5.89 Å². The fourth-order valence-corrected chi connectivity index (χ4v) is 1.61. The lowest BCUT2D eigenvalue weighted by Crippen LogP contribution is -2.12. The van der Waals surface area contributed by atoms with Crippen LogP contribution in [-0.4, -0.2) is 16.1 Å². The van der Waals surface area contributed by atoms with E-state index in [2.05, 4.69) is 15.5 Å². The lowest BCUT2D eigenvalue weighted by Gasteiger charge is -2.04. The van der Waals surface area contributed by atoms with Crippen molar-refractivity contribution in [3.8, 4) is 0 Å². The summed E-state index contributed by atoms with van der Waals surface area (Å²) < 4.78 is 4.98. The Hall–Kier alpha value is -1.59. The number of hydrogen-bond donors (Lipinski definition) is 1. The third-order valence-corrected chi connectivity index (χ3v) is 2.45. The molecule has 1 heterocycles. The summed E-state index contributed by atoms with van der Waals surface area (Å²) >= 11 is 11.6. The summed E-state index contributed by atoms with van der Waals surface area (Å²) in [5, 5.41) is 10.5. The van der Waals surface area contributed by atoms with E-state index in [1.807, 2.05) is 0 Å². The zero-order chi connectivity index (χ0) is 12.4. The van der Waals surface area contributed by atoms with Gasteiger partial charge in [-0.3, -0.25) is 4.79 Å². The smallest absolute Gasteiger partial charge is 0.313 e. The molecule has 0 unspecified atom stereocenters. The Morgan fingerprint density at radius 3 is 2.71 bits per heavy atom. The molecule has 0 saturated carbocycles. The van der Waals surface area contributed by atoms with Crippen molar-refractivity contribution in [3.63, 3.8) is 0 Å². The van der Waals surface area contributed by atoms with E-state index < -0.39 is 5.91 Å². The van der Waals surface area contributed by atoms with Crippen molar-refractivity contribution in [3.05, 3.63) is 40.0 Å². The summed E-state index contributed by atoms with van der Waals surface area (Å²) in [5.74, 6) is -0.319. The molecule has 2 rings (SSSR count). The van der Waals surface area contributed by atoms with Crippen LogP contribution in [0.3, 0.4) is 0 Å². The molecule has 1 aromatic carbocycles. The topological polar surface area (TPSA) is 68.0 Å². The third-order valence-electron chi connectivity index (χ3n) is 1.90. The van der Waals surface area contributed by atoms with E-state index in [0.717, 1.165) is 0 Å². The second-order valence-corrected chi connectivity index (χ2v) is 4.05. The lowest BCUT2D eigenvalue weighted by molar-refractivity contribution is 0.0989. The first-order valence-corrected chi connectivity index (χ1v) is 5.38. The molecule has 0 spiro atoms. The minimum atomic E-state index is -0.519. The van der Waals surface area contributed by atoms with Gasteiger partial charge < -0.3 is 9.73 Å². The standard InChI is InChI=1S/C10H7Cl2N3O2/c1-5-14-15-10(17-5)9(16)13-8-3-2-6(11)4-7(8)12/h2-4H,1H3,(H,13,16). The summed E-state index contributed by atoms with van der Waals surface area (Å²) in [4.78, 5) is 11.7. The van der Waals surface area contributed by atoms with E-state index >= 15 is 0 Å². The molecule has 88 valence electrons. The highest BCUT2D eigenvalue weighted by atomic mass is 35.5. The van der Waals surface area contributed by atoms with Crippen molar-refractivity contribution >= 4 is 34.8 Å². The molecule has 5 nitrogen and oxygen atoms in total. The van der Waals surface area contributed by atoms with Gasteiger partial charge in [0.2, 0.25) is 5.89 Å². The van der Waals surface area contributed by atoms with Crippen molar-refractivity contribution in [2.45, 2.75) is 6.92 Å². The molecule has 7 heteroatoms. The molecule has 0 aliphatic carbocycles. The van der Waals surface area contributed by atoms with Gasteiger partial charge >= 0.3 is 11.8 Å². The van der Waals surface area contributed by atoms with Gasteiger partial charge in [0.15, 0.2) is 0 Å². The molecule has 0 aliphatic rings. The second-order valence-electron chi connectivity index (χ2n) is 3.20. The second kappa shape index (κ2) is 4.73. The summed E-state index contributed by atoms with van der Waals surface area (Å²) in [5.41, 5.74) is 0.428. The molecule has 0 bridgehead atoms. The van der Waals surface area contributed by atoms with Gasteiger partial charge in [-0.25, -0.2) is 0 Å². The van der Waals surface area contributed by atoms with E-state index in [9.17, 15) is 4.79 Å². The Bertz CT molecular complexity index is 568. The first-order chi connectivity index (χ1) is 8.06. The lowest BCUT2D eigenvalue weighted by atomic mass is 10.3. The van der Waals surface area contributed by atoms with Crippen LogP contribution in [0.25, 0.3) is 0 Å². The molecule has 2 aromatic rings. The maximum absolute atomic E-state index is 11.7. The molecule has 1 amide bonds. The first kappa shape index (κ1) is 11.9. The van der Waals surface area contributed by atoms with Crippen LogP contribution in [0.1, 0.15) is 16.6 Å². The number of aromatic nitrogens is 2. The average Bonchev–Trinajstić information content (AvgIpc) is 2.69. The van der Waals surface area contributed by atoms with E-state index in [4.69, 9.17) is 27.6 Å². The highest BCUT2D eigenvalue weighted by Crippen LogP contribution is 2.25. The number of rotatable bonds is 2. The van der Waals surface area contributed by atoms with Crippen LogP contribution in [0, 0.1) is 6.92 Å². The molecule has 0 fully saturated rings. The predicted octanol–water partition coefficient (Wildman–Crippen LogP) is 2.94. The molecule has 17 heavy (non-hydrogen) atoms. The van der Waals surface area contributed by atoms with Crippen LogP contribution in [0.4, 0.5) is 5.69 Å². The molecule has 1 N–H and O–H groups in total. The van der Waals surface area contributed by atoms with Crippen molar-refractivity contribution in [1.29, 1.82) is 0 Å². The molecular formula is C10H7Cl2N3O2. The van der Waals surface area contributed by atoms with E-state index in [0.29, 0.717) is 21.6 Å². The molecule has 1 aromatic heterocycles. The van der Waals surface area contributed by atoms with Gasteiger partial charge in [0.25, 0.3) is 0 Å². The zero-order valence-corrected chi connectivity index (χ0v) is 10.2. The van der Waals surface area contributed by atoms with Crippen LogP contribution >= 0.6 is 23.2 Å². The predicted molar refractivity (Wildman–Crippen MR) is 63.5 cm³/mol. The average molecular weight is 272 g/mol. The number of carbonyl (C=O) groups is 1. The van der Waals surface area contributed by atoms with Gasteiger partial charge in [0.1, 0.15) is 0 Å². The van der Waals surface area contributed by atoms with Gasteiger partial charge in [-0.2, -0.15) is 0 Å². The van der Waals surface area contributed by atoms with Gasteiger partial charge in [0, 0.05) is 11.9 Å². The molecule has 0 aliphatic heterocycles. The SMILES string of the molecule is Cc1nnc(C(=O)Nc2ccc(Cl)cc2Cl)o1.